The first-order valence-electron chi connectivity index (χ1n) is 11.1. The van der Waals surface area contributed by atoms with Crippen LogP contribution in [0.3, 0.4) is 0 Å². The Labute approximate surface area is 157 Å². The molecule has 0 aromatic carbocycles. The smallest absolute Gasteiger partial charge is 0.133 e. The standard InChI is InChI=1S/C23H44O2/c1-4-6-8-10-11-13-15-17-23(25)20-22(19-18-21(3)24)16-14-12-9-7-5-2/h22H,4-20H2,1-3H3. The lowest BCUT2D eigenvalue weighted by Gasteiger charge is -2.15. The Morgan fingerprint density at radius 1 is 0.640 bits per heavy atom. The molecule has 0 aromatic rings. The van der Waals surface area contributed by atoms with Crippen LogP contribution in [0.2, 0.25) is 0 Å². The minimum Gasteiger partial charge on any atom is -0.300 e. The van der Waals surface area contributed by atoms with E-state index >= 15 is 0 Å². The molecule has 0 spiro atoms. The molecule has 2 heteroatoms. The maximum atomic E-state index is 12.3. The van der Waals surface area contributed by atoms with Gasteiger partial charge in [0.05, 0.1) is 0 Å². The minimum atomic E-state index is 0.260. The molecule has 0 aliphatic heterocycles. The molecular formula is C23H44O2. The number of unbranched alkanes of at least 4 members (excludes halogenated alkanes) is 10. The zero-order valence-electron chi connectivity index (χ0n) is 17.4. The van der Waals surface area contributed by atoms with Crippen molar-refractivity contribution in [3.05, 3.63) is 0 Å². The van der Waals surface area contributed by atoms with Crippen LogP contribution in [-0.2, 0) is 9.59 Å². The molecule has 0 N–H and O–H groups in total. The van der Waals surface area contributed by atoms with Crippen molar-refractivity contribution in [1.82, 2.24) is 0 Å². The van der Waals surface area contributed by atoms with Crippen LogP contribution in [0.5, 0.6) is 0 Å². The van der Waals surface area contributed by atoms with E-state index in [1.54, 1.807) is 6.92 Å². The number of carbonyl (C=O) groups excluding carboxylic acids is 2. The largest absolute Gasteiger partial charge is 0.300 e. The Morgan fingerprint density at radius 2 is 1.16 bits per heavy atom. The number of ketones is 2. The van der Waals surface area contributed by atoms with Gasteiger partial charge in [-0.1, -0.05) is 90.9 Å². The molecule has 1 atom stereocenters. The summed E-state index contributed by atoms with van der Waals surface area (Å²) in [5.41, 5.74) is 0. The molecule has 0 rings (SSSR count). The van der Waals surface area contributed by atoms with Crippen LogP contribution < -0.4 is 0 Å². The van der Waals surface area contributed by atoms with Crippen molar-refractivity contribution in [3.8, 4) is 0 Å². The molecule has 0 aliphatic rings. The zero-order valence-corrected chi connectivity index (χ0v) is 17.4. The molecule has 2 nitrogen and oxygen atoms in total. The lowest BCUT2D eigenvalue weighted by atomic mass is 9.89. The van der Waals surface area contributed by atoms with Crippen molar-refractivity contribution in [2.24, 2.45) is 5.92 Å². The molecule has 0 saturated heterocycles. The van der Waals surface area contributed by atoms with Gasteiger partial charge >= 0.3 is 0 Å². The van der Waals surface area contributed by atoms with E-state index in [-0.39, 0.29) is 5.78 Å². The summed E-state index contributed by atoms with van der Waals surface area (Å²) in [7, 11) is 0. The molecule has 0 saturated carbocycles. The van der Waals surface area contributed by atoms with E-state index in [1.165, 1.54) is 70.6 Å². The Balaban J connectivity index is 3.90. The maximum absolute atomic E-state index is 12.3. The number of Topliss-reactive ketones (excluding diaryl/α,β-unsaturated/α-hetero) is 2. The van der Waals surface area contributed by atoms with Gasteiger partial charge in [-0.2, -0.15) is 0 Å². The second kappa shape index (κ2) is 18.1. The molecule has 0 fully saturated rings. The van der Waals surface area contributed by atoms with Crippen molar-refractivity contribution in [1.29, 1.82) is 0 Å². The van der Waals surface area contributed by atoms with Gasteiger partial charge in [-0.05, 0) is 25.7 Å². The summed E-state index contributed by atoms with van der Waals surface area (Å²) in [5, 5.41) is 0. The molecule has 0 amide bonds. The molecule has 0 aliphatic carbocycles. The fourth-order valence-corrected chi connectivity index (χ4v) is 3.50. The third-order valence-corrected chi connectivity index (χ3v) is 5.20. The van der Waals surface area contributed by atoms with Crippen LogP contribution in [0, 0.1) is 5.92 Å². The number of rotatable bonds is 19. The van der Waals surface area contributed by atoms with Crippen molar-refractivity contribution >= 4 is 11.6 Å². The summed E-state index contributed by atoms with van der Waals surface area (Å²) in [4.78, 5) is 23.6. The van der Waals surface area contributed by atoms with E-state index in [4.69, 9.17) is 0 Å². The van der Waals surface area contributed by atoms with Gasteiger partial charge in [-0.15, -0.1) is 0 Å². The van der Waals surface area contributed by atoms with E-state index in [9.17, 15) is 9.59 Å². The number of carbonyl (C=O) groups is 2. The van der Waals surface area contributed by atoms with Crippen LogP contribution in [0.1, 0.15) is 130 Å². The van der Waals surface area contributed by atoms with Gasteiger partial charge < -0.3 is 4.79 Å². The van der Waals surface area contributed by atoms with E-state index in [2.05, 4.69) is 13.8 Å². The van der Waals surface area contributed by atoms with Crippen LogP contribution >= 0.6 is 0 Å². The highest BCUT2D eigenvalue weighted by atomic mass is 16.1. The third-order valence-electron chi connectivity index (χ3n) is 5.20. The van der Waals surface area contributed by atoms with Gasteiger partial charge in [0.25, 0.3) is 0 Å². The normalized spacial score (nSPS) is 12.3. The Morgan fingerprint density at radius 3 is 1.72 bits per heavy atom. The average Bonchev–Trinajstić information content (AvgIpc) is 2.58. The van der Waals surface area contributed by atoms with E-state index in [0.717, 1.165) is 25.7 Å². The van der Waals surface area contributed by atoms with Crippen LogP contribution in [0.25, 0.3) is 0 Å². The van der Waals surface area contributed by atoms with Gasteiger partial charge in [0.15, 0.2) is 0 Å². The highest BCUT2D eigenvalue weighted by Crippen LogP contribution is 2.22. The highest BCUT2D eigenvalue weighted by molar-refractivity contribution is 5.79. The molecule has 0 heterocycles. The second-order valence-electron chi connectivity index (χ2n) is 7.92. The van der Waals surface area contributed by atoms with Gasteiger partial charge in [0.2, 0.25) is 0 Å². The lowest BCUT2D eigenvalue weighted by molar-refractivity contribution is -0.121. The highest BCUT2D eigenvalue weighted by Gasteiger charge is 2.14. The number of hydrogen-bond donors (Lipinski definition) is 0. The molecule has 0 aromatic heterocycles. The molecule has 0 radical (unpaired) electrons. The minimum absolute atomic E-state index is 0.260. The van der Waals surface area contributed by atoms with E-state index < -0.39 is 0 Å². The monoisotopic (exact) mass is 352 g/mol. The Kier molecular flexibility index (Phi) is 17.7. The maximum Gasteiger partial charge on any atom is 0.133 e. The first-order valence-corrected chi connectivity index (χ1v) is 11.1. The van der Waals surface area contributed by atoms with Crippen molar-refractivity contribution in [2.45, 2.75) is 130 Å². The van der Waals surface area contributed by atoms with E-state index in [1.807, 2.05) is 0 Å². The van der Waals surface area contributed by atoms with Crippen LogP contribution in [-0.4, -0.2) is 11.6 Å². The summed E-state index contributed by atoms with van der Waals surface area (Å²) >= 11 is 0. The summed E-state index contributed by atoms with van der Waals surface area (Å²) in [6.45, 7) is 6.14. The van der Waals surface area contributed by atoms with Crippen LogP contribution in [0.15, 0.2) is 0 Å². The molecule has 148 valence electrons. The van der Waals surface area contributed by atoms with Crippen LogP contribution in [0.4, 0.5) is 0 Å². The zero-order chi connectivity index (χ0) is 18.8. The fraction of sp³-hybridized carbons (Fsp3) is 0.913. The SMILES string of the molecule is CCCCCCCCCC(=O)CC(CCCCCCC)CCC(C)=O. The molecule has 0 bridgehead atoms. The summed E-state index contributed by atoms with van der Waals surface area (Å²) in [6, 6.07) is 0. The van der Waals surface area contributed by atoms with Crippen molar-refractivity contribution in [3.63, 3.8) is 0 Å². The van der Waals surface area contributed by atoms with Gasteiger partial charge in [0.1, 0.15) is 11.6 Å². The molecular weight excluding hydrogens is 308 g/mol. The predicted octanol–water partition coefficient (Wildman–Crippen LogP) is 7.43. The average molecular weight is 353 g/mol. The first kappa shape index (κ1) is 24.3. The van der Waals surface area contributed by atoms with Gasteiger partial charge in [-0.3, -0.25) is 4.79 Å². The molecule has 25 heavy (non-hydrogen) atoms. The fourth-order valence-electron chi connectivity index (χ4n) is 3.50. The predicted molar refractivity (Wildman–Crippen MR) is 109 cm³/mol. The molecule has 1 unspecified atom stereocenters. The third kappa shape index (κ3) is 17.9. The number of hydrogen-bond acceptors (Lipinski definition) is 2. The van der Waals surface area contributed by atoms with E-state index in [0.29, 0.717) is 24.5 Å². The summed E-state index contributed by atoms with van der Waals surface area (Å²) in [5.74, 6) is 1.12. The van der Waals surface area contributed by atoms with Gasteiger partial charge in [-0.25, -0.2) is 0 Å². The first-order chi connectivity index (χ1) is 12.1. The topological polar surface area (TPSA) is 34.1 Å². The summed E-state index contributed by atoms with van der Waals surface area (Å²) in [6.07, 6.45) is 19.3. The van der Waals surface area contributed by atoms with Crippen molar-refractivity contribution < 1.29 is 9.59 Å². The Hall–Kier alpha value is -0.660. The van der Waals surface area contributed by atoms with Gasteiger partial charge in [0, 0.05) is 19.3 Å². The quantitative estimate of drug-likeness (QED) is 0.226. The van der Waals surface area contributed by atoms with Crippen molar-refractivity contribution in [2.75, 3.05) is 0 Å². The Bertz CT molecular complexity index is 322. The summed E-state index contributed by atoms with van der Waals surface area (Å²) < 4.78 is 0. The lowest BCUT2D eigenvalue weighted by Crippen LogP contribution is -2.10. The second-order valence-corrected chi connectivity index (χ2v) is 7.92.